The van der Waals surface area contributed by atoms with E-state index in [4.69, 9.17) is 10.2 Å². The third kappa shape index (κ3) is 3.11. The first kappa shape index (κ1) is 13.5. The van der Waals surface area contributed by atoms with Crippen molar-refractivity contribution in [1.82, 2.24) is 0 Å². The molecule has 0 spiro atoms. The van der Waals surface area contributed by atoms with Gasteiger partial charge in [-0.1, -0.05) is 48.6 Å². The van der Waals surface area contributed by atoms with E-state index in [-0.39, 0.29) is 11.1 Å². The fourth-order valence-corrected chi connectivity index (χ4v) is 1.79. The Hall–Kier alpha value is -2.88. The molecule has 4 heteroatoms. The summed E-state index contributed by atoms with van der Waals surface area (Å²) in [4.78, 5) is 22.0. The molecule has 0 aliphatic heterocycles. The largest absolute Gasteiger partial charge is 0.478 e. The van der Waals surface area contributed by atoms with Crippen molar-refractivity contribution >= 4 is 24.1 Å². The Bertz CT molecular complexity index is 672. The third-order valence-corrected chi connectivity index (χ3v) is 2.77. The summed E-state index contributed by atoms with van der Waals surface area (Å²) in [7, 11) is 0. The number of carbonyl (C=O) groups is 2. The van der Waals surface area contributed by atoms with Gasteiger partial charge in [-0.25, -0.2) is 9.59 Å². The Labute approximate surface area is 115 Å². The molecule has 20 heavy (non-hydrogen) atoms. The molecule has 0 aliphatic rings. The first-order chi connectivity index (χ1) is 9.58. The summed E-state index contributed by atoms with van der Waals surface area (Å²) in [6.45, 7) is 0. The topological polar surface area (TPSA) is 74.6 Å². The van der Waals surface area contributed by atoms with E-state index >= 15 is 0 Å². The van der Waals surface area contributed by atoms with Crippen LogP contribution in [0.1, 0.15) is 31.8 Å². The van der Waals surface area contributed by atoms with Crippen LogP contribution in [0.2, 0.25) is 0 Å². The lowest BCUT2D eigenvalue weighted by Gasteiger charge is -2.02. The first-order valence-electron chi connectivity index (χ1n) is 5.91. The molecule has 0 amide bonds. The van der Waals surface area contributed by atoms with Gasteiger partial charge < -0.3 is 10.2 Å². The van der Waals surface area contributed by atoms with Crippen LogP contribution in [0, 0.1) is 0 Å². The van der Waals surface area contributed by atoms with Gasteiger partial charge in [-0.05, 0) is 23.3 Å². The van der Waals surface area contributed by atoms with E-state index in [1.165, 1.54) is 12.1 Å². The van der Waals surface area contributed by atoms with Gasteiger partial charge in [0, 0.05) is 0 Å². The van der Waals surface area contributed by atoms with Gasteiger partial charge in [-0.15, -0.1) is 0 Å². The number of aromatic carboxylic acids is 2. The van der Waals surface area contributed by atoms with Crippen molar-refractivity contribution < 1.29 is 19.8 Å². The molecule has 4 nitrogen and oxygen atoms in total. The van der Waals surface area contributed by atoms with Crippen LogP contribution in [0.25, 0.3) is 12.2 Å². The van der Waals surface area contributed by atoms with E-state index in [0.717, 1.165) is 5.56 Å². The van der Waals surface area contributed by atoms with Crippen LogP contribution in [-0.2, 0) is 0 Å². The van der Waals surface area contributed by atoms with Crippen molar-refractivity contribution in [3.05, 3.63) is 70.8 Å². The first-order valence-corrected chi connectivity index (χ1v) is 5.91. The maximum Gasteiger partial charge on any atom is 0.336 e. The minimum absolute atomic E-state index is 0.214. The Morgan fingerprint density at radius 1 is 0.750 bits per heavy atom. The average Bonchev–Trinajstić information content (AvgIpc) is 2.45. The molecular weight excluding hydrogens is 256 g/mol. The predicted octanol–water partition coefficient (Wildman–Crippen LogP) is 3.25. The van der Waals surface area contributed by atoms with Crippen molar-refractivity contribution in [2.24, 2.45) is 0 Å². The van der Waals surface area contributed by atoms with E-state index in [2.05, 4.69) is 0 Å². The van der Waals surface area contributed by atoms with Gasteiger partial charge in [0.15, 0.2) is 0 Å². The number of carboxylic acids is 2. The van der Waals surface area contributed by atoms with Crippen molar-refractivity contribution in [1.29, 1.82) is 0 Å². The van der Waals surface area contributed by atoms with E-state index in [0.29, 0.717) is 5.56 Å². The number of benzene rings is 2. The van der Waals surface area contributed by atoms with E-state index in [1.807, 2.05) is 36.4 Å². The van der Waals surface area contributed by atoms with Crippen LogP contribution in [0.3, 0.4) is 0 Å². The second-order valence-corrected chi connectivity index (χ2v) is 4.16. The molecule has 0 saturated heterocycles. The molecule has 0 fully saturated rings. The quantitative estimate of drug-likeness (QED) is 0.835. The smallest absolute Gasteiger partial charge is 0.336 e. The molecule has 100 valence electrons. The maximum absolute atomic E-state index is 11.1. The molecule has 2 aromatic carbocycles. The summed E-state index contributed by atoms with van der Waals surface area (Å²) in [5.41, 5.74) is 1.19. The van der Waals surface area contributed by atoms with Crippen LogP contribution >= 0.6 is 0 Å². The fourth-order valence-electron chi connectivity index (χ4n) is 1.79. The van der Waals surface area contributed by atoms with Crippen LogP contribution in [0.4, 0.5) is 0 Å². The molecule has 2 N–H and O–H groups in total. The molecule has 2 rings (SSSR count). The highest BCUT2D eigenvalue weighted by atomic mass is 16.4. The van der Waals surface area contributed by atoms with Crippen LogP contribution in [0.15, 0.2) is 48.5 Å². The lowest BCUT2D eigenvalue weighted by atomic mass is 10.0. The molecule has 0 unspecified atom stereocenters. The highest BCUT2D eigenvalue weighted by Crippen LogP contribution is 2.15. The number of hydrogen-bond donors (Lipinski definition) is 2. The van der Waals surface area contributed by atoms with Gasteiger partial charge >= 0.3 is 11.9 Å². The lowest BCUT2D eigenvalue weighted by Crippen LogP contribution is -2.07. The molecular formula is C16H12O4. The molecule has 2 aromatic rings. The normalized spacial score (nSPS) is 10.6. The fraction of sp³-hybridized carbons (Fsp3) is 0. The zero-order valence-corrected chi connectivity index (χ0v) is 10.5. The summed E-state index contributed by atoms with van der Waals surface area (Å²) >= 11 is 0. The van der Waals surface area contributed by atoms with Gasteiger partial charge in [0.2, 0.25) is 0 Å². The summed E-state index contributed by atoms with van der Waals surface area (Å²) in [6, 6.07) is 13.8. The van der Waals surface area contributed by atoms with Crippen molar-refractivity contribution in [2.45, 2.75) is 0 Å². The van der Waals surface area contributed by atoms with E-state index in [9.17, 15) is 9.59 Å². The summed E-state index contributed by atoms with van der Waals surface area (Å²) in [6.07, 6.45) is 3.58. The SMILES string of the molecule is O=C(O)c1ccc(C=Cc2ccccc2)cc1C(=O)O. The minimum Gasteiger partial charge on any atom is -0.478 e. The zero-order chi connectivity index (χ0) is 14.5. The Morgan fingerprint density at radius 3 is 1.95 bits per heavy atom. The van der Waals surface area contributed by atoms with Crippen LogP contribution < -0.4 is 0 Å². The van der Waals surface area contributed by atoms with Crippen molar-refractivity contribution in [3.63, 3.8) is 0 Å². The second kappa shape index (κ2) is 5.84. The lowest BCUT2D eigenvalue weighted by molar-refractivity contribution is 0.0651. The number of hydrogen-bond acceptors (Lipinski definition) is 2. The van der Waals surface area contributed by atoms with Crippen LogP contribution in [0.5, 0.6) is 0 Å². The zero-order valence-electron chi connectivity index (χ0n) is 10.5. The molecule has 0 aromatic heterocycles. The summed E-state index contributed by atoms with van der Waals surface area (Å²) in [5, 5.41) is 18.0. The average molecular weight is 268 g/mol. The molecule has 0 bridgehead atoms. The Morgan fingerprint density at radius 2 is 1.35 bits per heavy atom. The molecule has 0 atom stereocenters. The highest BCUT2D eigenvalue weighted by molar-refractivity contribution is 6.02. The van der Waals surface area contributed by atoms with Gasteiger partial charge in [0.05, 0.1) is 11.1 Å². The maximum atomic E-state index is 11.1. The molecule has 0 heterocycles. The second-order valence-electron chi connectivity index (χ2n) is 4.16. The van der Waals surface area contributed by atoms with Crippen LogP contribution in [-0.4, -0.2) is 22.2 Å². The van der Waals surface area contributed by atoms with Gasteiger partial charge in [0.25, 0.3) is 0 Å². The van der Waals surface area contributed by atoms with Crippen molar-refractivity contribution in [3.8, 4) is 0 Å². The third-order valence-electron chi connectivity index (χ3n) is 2.77. The number of carboxylic acid groups (broad SMARTS) is 2. The Kier molecular flexibility index (Phi) is 3.96. The standard InChI is InChI=1S/C16H12O4/c17-15(18)13-9-8-12(10-14(13)16(19)20)7-6-11-4-2-1-3-5-11/h1-10H,(H,17,18)(H,19,20). The minimum atomic E-state index is -1.25. The monoisotopic (exact) mass is 268 g/mol. The van der Waals surface area contributed by atoms with Gasteiger partial charge in [-0.3, -0.25) is 0 Å². The highest BCUT2D eigenvalue weighted by Gasteiger charge is 2.15. The summed E-state index contributed by atoms with van der Waals surface area (Å²) < 4.78 is 0. The van der Waals surface area contributed by atoms with Crippen molar-refractivity contribution in [2.75, 3.05) is 0 Å². The summed E-state index contributed by atoms with van der Waals surface area (Å²) in [5.74, 6) is -2.50. The van der Waals surface area contributed by atoms with Gasteiger partial charge in [-0.2, -0.15) is 0 Å². The molecule has 0 radical (unpaired) electrons. The van der Waals surface area contributed by atoms with E-state index in [1.54, 1.807) is 12.1 Å². The molecule has 0 saturated carbocycles. The number of rotatable bonds is 4. The predicted molar refractivity (Wildman–Crippen MR) is 75.7 cm³/mol. The van der Waals surface area contributed by atoms with E-state index < -0.39 is 11.9 Å². The Balaban J connectivity index is 2.35. The molecule has 0 aliphatic carbocycles. The van der Waals surface area contributed by atoms with Gasteiger partial charge in [0.1, 0.15) is 0 Å².